The Morgan fingerprint density at radius 2 is 1.78 bits per heavy atom. The van der Waals surface area contributed by atoms with Gasteiger partial charge in [-0.15, -0.1) is 0 Å². The quantitative estimate of drug-likeness (QED) is 0.832. The Morgan fingerprint density at radius 1 is 1.28 bits per heavy atom. The first-order valence-electron chi connectivity index (χ1n) is 5.63. The van der Waals surface area contributed by atoms with Gasteiger partial charge in [-0.25, -0.2) is 13.1 Å². The van der Waals surface area contributed by atoms with Gasteiger partial charge in [0.2, 0.25) is 10.0 Å². The number of sulfonamides is 1. The van der Waals surface area contributed by atoms with E-state index in [1.807, 2.05) is 11.9 Å². The van der Waals surface area contributed by atoms with Crippen LogP contribution in [-0.2, 0) is 10.0 Å². The van der Waals surface area contributed by atoms with E-state index in [-0.39, 0.29) is 4.90 Å². The minimum Gasteiger partial charge on any atom is -0.389 e. The highest BCUT2D eigenvalue weighted by atomic mass is 32.2. The molecule has 2 N–H and O–H groups in total. The van der Waals surface area contributed by atoms with Gasteiger partial charge in [0.25, 0.3) is 0 Å². The second-order valence-corrected chi connectivity index (χ2v) is 6.76. The smallest absolute Gasteiger partial charge is 0.240 e. The Morgan fingerprint density at radius 3 is 2.17 bits per heavy atom. The summed E-state index contributed by atoms with van der Waals surface area (Å²) in [6.07, 6.45) is 0. The molecule has 0 heterocycles. The number of likely N-dealkylation sites (N-methyl/N-ethyl adjacent to an activating group) is 1. The van der Waals surface area contributed by atoms with E-state index in [4.69, 9.17) is 0 Å². The summed E-state index contributed by atoms with van der Waals surface area (Å²) < 4.78 is 25.4. The van der Waals surface area contributed by atoms with Gasteiger partial charge >= 0.3 is 0 Å². The lowest BCUT2D eigenvalue weighted by Gasteiger charge is -2.27. The molecule has 6 heteroatoms. The maximum absolute atomic E-state index is 11.5. The van der Waals surface area contributed by atoms with E-state index >= 15 is 0 Å². The highest BCUT2D eigenvalue weighted by Crippen LogP contribution is 2.18. The van der Waals surface area contributed by atoms with E-state index in [0.29, 0.717) is 6.54 Å². The molecule has 102 valence electrons. The summed E-state index contributed by atoms with van der Waals surface area (Å²) >= 11 is 0. The summed E-state index contributed by atoms with van der Waals surface area (Å²) in [5, 5.41) is 9.72. The van der Waals surface area contributed by atoms with Crippen molar-refractivity contribution in [1.82, 2.24) is 4.72 Å². The molecule has 0 fully saturated rings. The summed E-state index contributed by atoms with van der Waals surface area (Å²) in [6, 6.07) is 6.52. The molecule has 0 bridgehead atoms. The first kappa shape index (κ1) is 14.9. The highest BCUT2D eigenvalue weighted by molar-refractivity contribution is 7.89. The fourth-order valence-electron chi connectivity index (χ4n) is 1.67. The molecule has 0 aliphatic carbocycles. The maximum atomic E-state index is 11.5. The zero-order chi connectivity index (χ0) is 14.0. The third-order valence-electron chi connectivity index (χ3n) is 2.48. The molecule has 1 rings (SSSR count). The van der Waals surface area contributed by atoms with Crippen LogP contribution in [0, 0.1) is 0 Å². The van der Waals surface area contributed by atoms with Crippen molar-refractivity contribution < 1.29 is 13.5 Å². The number of rotatable bonds is 5. The largest absolute Gasteiger partial charge is 0.389 e. The molecule has 0 amide bonds. The summed E-state index contributed by atoms with van der Waals surface area (Å²) in [5.74, 6) is 0. The fourth-order valence-corrected chi connectivity index (χ4v) is 2.40. The van der Waals surface area contributed by atoms with Crippen LogP contribution < -0.4 is 9.62 Å². The molecule has 1 aromatic rings. The van der Waals surface area contributed by atoms with Crippen LogP contribution in [0.1, 0.15) is 13.8 Å². The van der Waals surface area contributed by atoms with Crippen LogP contribution >= 0.6 is 0 Å². The van der Waals surface area contributed by atoms with Gasteiger partial charge in [-0.3, -0.25) is 0 Å². The molecule has 0 aromatic heterocycles. The zero-order valence-corrected chi connectivity index (χ0v) is 12.0. The van der Waals surface area contributed by atoms with Crippen molar-refractivity contribution in [3.05, 3.63) is 24.3 Å². The third-order valence-corrected chi connectivity index (χ3v) is 3.91. The lowest BCUT2D eigenvalue weighted by atomic mass is 10.1. The minimum atomic E-state index is -3.39. The van der Waals surface area contributed by atoms with E-state index < -0.39 is 15.6 Å². The second kappa shape index (κ2) is 5.26. The van der Waals surface area contributed by atoms with E-state index in [1.165, 1.54) is 7.05 Å². The van der Waals surface area contributed by atoms with Crippen molar-refractivity contribution in [2.45, 2.75) is 24.3 Å². The number of benzene rings is 1. The van der Waals surface area contributed by atoms with Crippen LogP contribution in [0.4, 0.5) is 5.69 Å². The maximum Gasteiger partial charge on any atom is 0.240 e. The summed E-state index contributed by atoms with van der Waals surface area (Å²) in [4.78, 5) is 2.10. The average Bonchev–Trinajstić information content (AvgIpc) is 2.27. The number of nitrogens with one attached hydrogen (secondary N) is 1. The minimum absolute atomic E-state index is 0.227. The Kier molecular flexibility index (Phi) is 4.37. The molecule has 5 nitrogen and oxygen atoms in total. The Labute approximate surface area is 108 Å². The summed E-state index contributed by atoms with van der Waals surface area (Å²) in [7, 11) is -0.168. The predicted molar refractivity (Wildman–Crippen MR) is 72.3 cm³/mol. The molecule has 1 aromatic carbocycles. The van der Waals surface area contributed by atoms with Crippen LogP contribution in [0.5, 0.6) is 0 Å². The van der Waals surface area contributed by atoms with Gasteiger partial charge < -0.3 is 10.0 Å². The van der Waals surface area contributed by atoms with Crippen LogP contribution in [0.3, 0.4) is 0 Å². The zero-order valence-electron chi connectivity index (χ0n) is 11.1. The molecule has 0 aliphatic heterocycles. The summed E-state index contributed by atoms with van der Waals surface area (Å²) in [5.41, 5.74) is 0.0527. The van der Waals surface area contributed by atoms with Crippen LogP contribution in [0.2, 0.25) is 0 Å². The predicted octanol–water partition coefficient (Wildman–Crippen LogP) is 0.802. The first-order valence-corrected chi connectivity index (χ1v) is 7.11. The normalized spacial score (nSPS) is 12.5. The number of anilines is 1. The molecule has 0 atom stereocenters. The van der Waals surface area contributed by atoms with Crippen molar-refractivity contribution in [2.24, 2.45) is 0 Å². The third kappa shape index (κ3) is 3.97. The van der Waals surface area contributed by atoms with Crippen LogP contribution in [0.15, 0.2) is 29.2 Å². The molecule has 0 saturated carbocycles. The lowest BCUT2D eigenvalue weighted by Crippen LogP contribution is -2.36. The Bertz CT molecular complexity index is 489. The topological polar surface area (TPSA) is 69.6 Å². The van der Waals surface area contributed by atoms with Crippen molar-refractivity contribution in [3.63, 3.8) is 0 Å². The Hall–Kier alpha value is -1.11. The molecule has 0 radical (unpaired) electrons. The van der Waals surface area contributed by atoms with Gasteiger partial charge in [0, 0.05) is 19.3 Å². The van der Waals surface area contributed by atoms with Gasteiger partial charge in [0.1, 0.15) is 0 Å². The second-order valence-electron chi connectivity index (χ2n) is 4.87. The van der Waals surface area contributed by atoms with Crippen molar-refractivity contribution in [2.75, 3.05) is 25.5 Å². The van der Waals surface area contributed by atoms with Gasteiger partial charge in [-0.2, -0.15) is 0 Å². The standard InChI is InChI=1S/C12H20N2O3S/c1-12(2,15)9-14(4)10-5-7-11(8-6-10)18(16,17)13-3/h5-8,13,15H,9H2,1-4H3. The molecular formula is C12H20N2O3S. The molecule has 0 saturated heterocycles. The van der Waals surface area contributed by atoms with E-state index in [1.54, 1.807) is 38.1 Å². The fraction of sp³-hybridized carbons (Fsp3) is 0.500. The molecule has 18 heavy (non-hydrogen) atoms. The SMILES string of the molecule is CNS(=O)(=O)c1ccc(N(C)CC(C)(C)O)cc1. The number of hydrogen-bond donors (Lipinski definition) is 2. The van der Waals surface area contributed by atoms with Gasteiger partial charge in [-0.05, 0) is 45.2 Å². The van der Waals surface area contributed by atoms with Gasteiger partial charge in [0.05, 0.1) is 10.5 Å². The van der Waals surface area contributed by atoms with Gasteiger partial charge in [0.15, 0.2) is 0 Å². The molecular weight excluding hydrogens is 252 g/mol. The lowest BCUT2D eigenvalue weighted by molar-refractivity contribution is 0.0886. The van der Waals surface area contributed by atoms with Crippen LogP contribution in [0.25, 0.3) is 0 Å². The van der Waals surface area contributed by atoms with Crippen molar-refractivity contribution in [1.29, 1.82) is 0 Å². The van der Waals surface area contributed by atoms with E-state index in [2.05, 4.69) is 4.72 Å². The summed E-state index contributed by atoms with van der Waals surface area (Å²) in [6.45, 7) is 3.91. The molecule has 0 spiro atoms. The van der Waals surface area contributed by atoms with Gasteiger partial charge in [-0.1, -0.05) is 0 Å². The van der Waals surface area contributed by atoms with Crippen molar-refractivity contribution in [3.8, 4) is 0 Å². The Balaban J connectivity index is 2.90. The first-order chi connectivity index (χ1) is 8.15. The monoisotopic (exact) mass is 272 g/mol. The highest BCUT2D eigenvalue weighted by Gasteiger charge is 2.17. The number of hydrogen-bond acceptors (Lipinski definition) is 4. The number of nitrogens with zero attached hydrogens (tertiary/aromatic N) is 1. The number of aliphatic hydroxyl groups is 1. The average molecular weight is 272 g/mol. The van der Waals surface area contributed by atoms with Crippen LogP contribution in [-0.4, -0.2) is 39.8 Å². The van der Waals surface area contributed by atoms with E-state index in [9.17, 15) is 13.5 Å². The van der Waals surface area contributed by atoms with Crippen molar-refractivity contribution >= 4 is 15.7 Å². The molecule has 0 aliphatic rings. The van der Waals surface area contributed by atoms with E-state index in [0.717, 1.165) is 5.69 Å². The molecule has 0 unspecified atom stereocenters.